The lowest BCUT2D eigenvalue weighted by molar-refractivity contribution is 0.389. The molecule has 0 amide bonds. The predicted molar refractivity (Wildman–Crippen MR) is 76.4 cm³/mol. The molecule has 3 rings (SSSR count). The number of hydrogen-bond acceptors (Lipinski definition) is 4. The summed E-state index contributed by atoms with van der Waals surface area (Å²) in [4.78, 5) is 11.7. The monoisotopic (exact) mass is 258 g/mol. The van der Waals surface area contributed by atoms with Crippen LogP contribution in [-0.4, -0.2) is 29.8 Å². The Morgan fingerprint density at radius 1 is 1.21 bits per heavy atom. The van der Waals surface area contributed by atoms with Crippen molar-refractivity contribution in [2.75, 3.05) is 25.0 Å². The van der Waals surface area contributed by atoms with Crippen molar-refractivity contribution in [2.24, 2.45) is 5.92 Å². The highest BCUT2D eigenvalue weighted by Gasteiger charge is 2.13. The van der Waals surface area contributed by atoms with Crippen LogP contribution in [0.1, 0.15) is 12.8 Å². The van der Waals surface area contributed by atoms with Gasteiger partial charge in [-0.3, -0.25) is 4.79 Å². The van der Waals surface area contributed by atoms with Gasteiger partial charge in [0.05, 0.1) is 5.39 Å². The van der Waals surface area contributed by atoms with Gasteiger partial charge in [-0.1, -0.05) is 18.2 Å². The van der Waals surface area contributed by atoms with E-state index in [9.17, 15) is 4.79 Å². The van der Waals surface area contributed by atoms with E-state index in [-0.39, 0.29) is 5.56 Å². The van der Waals surface area contributed by atoms with Crippen molar-refractivity contribution in [1.82, 2.24) is 15.5 Å². The van der Waals surface area contributed by atoms with E-state index in [1.54, 1.807) is 0 Å². The van der Waals surface area contributed by atoms with Gasteiger partial charge in [-0.25, -0.2) is 5.10 Å². The van der Waals surface area contributed by atoms with Crippen LogP contribution < -0.4 is 16.2 Å². The molecule has 0 radical (unpaired) electrons. The van der Waals surface area contributed by atoms with E-state index in [0.717, 1.165) is 30.8 Å². The molecule has 1 aromatic heterocycles. The van der Waals surface area contributed by atoms with Gasteiger partial charge in [0.25, 0.3) is 5.56 Å². The van der Waals surface area contributed by atoms with Crippen molar-refractivity contribution < 1.29 is 0 Å². The second-order valence-electron chi connectivity index (χ2n) is 5.02. The van der Waals surface area contributed by atoms with Gasteiger partial charge in [0.2, 0.25) is 0 Å². The third kappa shape index (κ3) is 2.61. The fraction of sp³-hybridized carbons (Fsp3) is 0.429. The topological polar surface area (TPSA) is 69.8 Å². The molecule has 100 valence electrons. The van der Waals surface area contributed by atoms with Gasteiger partial charge in [-0.05, 0) is 37.9 Å². The average molecular weight is 258 g/mol. The second-order valence-corrected chi connectivity index (χ2v) is 5.02. The minimum atomic E-state index is -0.136. The van der Waals surface area contributed by atoms with Crippen LogP contribution in [0.25, 0.3) is 10.8 Å². The summed E-state index contributed by atoms with van der Waals surface area (Å²) in [6.07, 6.45) is 2.38. The SMILES string of the molecule is O=c1[nH]nc(NCC2CCNCC2)c2ccccc12. The van der Waals surface area contributed by atoms with E-state index in [4.69, 9.17) is 0 Å². The van der Waals surface area contributed by atoms with E-state index in [0.29, 0.717) is 11.3 Å². The number of H-pyrrole nitrogens is 1. The Bertz CT molecular complexity index is 616. The van der Waals surface area contributed by atoms with Gasteiger partial charge in [-0.15, -0.1) is 0 Å². The summed E-state index contributed by atoms with van der Waals surface area (Å²) in [5.74, 6) is 1.45. The van der Waals surface area contributed by atoms with Crippen LogP contribution in [0.2, 0.25) is 0 Å². The maximum absolute atomic E-state index is 11.7. The Hall–Kier alpha value is -1.88. The van der Waals surface area contributed by atoms with Crippen molar-refractivity contribution in [1.29, 1.82) is 0 Å². The average Bonchev–Trinajstić information content (AvgIpc) is 2.48. The molecule has 2 heterocycles. The lowest BCUT2D eigenvalue weighted by atomic mass is 9.98. The molecule has 1 fully saturated rings. The number of nitrogens with zero attached hydrogens (tertiary/aromatic N) is 1. The molecule has 5 nitrogen and oxygen atoms in total. The number of anilines is 1. The first-order valence-corrected chi connectivity index (χ1v) is 6.76. The normalized spacial score (nSPS) is 16.6. The number of hydrogen-bond donors (Lipinski definition) is 3. The Morgan fingerprint density at radius 2 is 1.95 bits per heavy atom. The minimum Gasteiger partial charge on any atom is -0.368 e. The van der Waals surface area contributed by atoms with Crippen LogP contribution in [-0.2, 0) is 0 Å². The summed E-state index contributed by atoms with van der Waals surface area (Å²) in [5, 5.41) is 15.0. The Morgan fingerprint density at radius 3 is 2.74 bits per heavy atom. The standard InChI is InChI=1S/C14H18N4O/c19-14-12-4-2-1-3-11(12)13(17-18-14)16-9-10-5-7-15-8-6-10/h1-4,10,15H,5-9H2,(H,16,17)(H,18,19). The summed E-state index contributed by atoms with van der Waals surface area (Å²) in [7, 11) is 0. The molecular weight excluding hydrogens is 240 g/mol. The second kappa shape index (κ2) is 5.40. The zero-order valence-electron chi connectivity index (χ0n) is 10.8. The van der Waals surface area contributed by atoms with E-state index < -0.39 is 0 Å². The predicted octanol–water partition coefficient (Wildman–Crippen LogP) is 1.33. The first kappa shape index (κ1) is 12.2. The minimum absolute atomic E-state index is 0.136. The molecule has 0 aliphatic carbocycles. The number of aromatic amines is 1. The van der Waals surface area contributed by atoms with Crippen molar-refractivity contribution in [3.8, 4) is 0 Å². The lowest BCUT2D eigenvalue weighted by Crippen LogP contribution is -2.31. The molecule has 0 saturated carbocycles. The highest BCUT2D eigenvalue weighted by molar-refractivity contribution is 5.90. The molecule has 5 heteroatoms. The zero-order chi connectivity index (χ0) is 13.1. The van der Waals surface area contributed by atoms with Crippen LogP contribution in [0.4, 0.5) is 5.82 Å². The summed E-state index contributed by atoms with van der Waals surface area (Å²) >= 11 is 0. The number of piperidine rings is 1. The summed E-state index contributed by atoms with van der Waals surface area (Å²) in [6, 6.07) is 7.56. The molecule has 3 N–H and O–H groups in total. The highest BCUT2D eigenvalue weighted by atomic mass is 16.1. The molecule has 0 bridgehead atoms. The van der Waals surface area contributed by atoms with E-state index in [2.05, 4.69) is 20.8 Å². The van der Waals surface area contributed by atoms with Crippen molar-refractivity contribution >= 4 is 16.6 Å². The first-order chi connectivity index (χ1) is 9.34. The summed E-state index contributed by atoms with van der Waals surface area (Å²) in [5.41, 5.74) is -0.136. The summed E-state index contributed by atoms with van der Waals surface area (Å²) < 4.78 is 0. The maximum atomic E-state index is 11.7. The third-order valence-corrected chi connectivity index (χ3v) is 3.71. The van der Waals surface area contributed by atoms with Crippen molar-refractivity contribution in [3.05, 3.63) is 34.6 Å². The Balaban J connectivity index is 1.81. The maximum Gasteiger partial charge on any atom is 0.272 e. The van der Waals surface area contributed by atoms with Crippen LogP contribution >= 0.6 is 0 Å². The number of aromatic nitrogens is 2. The van der Waals surface area contributed by atoms with E-state index in [1.165, 1.54) is 12.8 Å². The molecule has 19 heavy (non-hydrogen) atoms. The Labute approximate surface area is 111 Å². The van der Waals surface area contributed by atoms with Crippen LogP contribution in [0.3, 0.4) is 0 Å². The molecule has 1 aromatic carbocycles. The fourth-order valence-corrected chi connectivity index (χ4v) is 2.58. The molecule has 2 aromatic rings. The molecule has 0 unspecified atom stereocenters. The van der Waals surface area contributed by atoms with Crippen LogP contribution in [0.15, 0.2) is 29.1 Å². The van der Waals surface area contributed by atoms with Gasteiger partial charge < -0.3 is 10.6 Å². The van der Waals surface area contributed by atoms with Crippen LogP contribution in [0, 0.1) is 5.92 Å². The van der Waals surface area contributed by atoms with E-state index >= 15 is 0 Å². The molecular formula is C14H18N4O. The fourth-order valence-electron chi connectivity index (χ4n) is 2.58. The van der Waals surface area contributed by atoms with Gasteiger partial charge >= 0.3 is 0 Å². The quantitative estimate of drug-likeness (QED) is 0.777. The van der Waals surface area contributed by atoms with Crippen molar-refractivity contribution in [3.63, 3.8) is 0 Å². The molecule has 0 spiro atoms. The van der Waals surface area contributed by atoms with Gasteiger partial charge in [0.15, 0.2) is 5.82 Å². The number of fused-ring (bicyclic) bond motifs is 1. The zero-order valence-corrected chi connectivity index (χ0v) is 10.8. The van der Waals surface area contributed by atoms with Gasteiger partial charge in [0.1, 0.15) is 0 Å². The lowest BCUT2D eigenvalue weighted by Gasteiger charge is -2.23. The molecule has 0 atom stereocenters. The number of benzene rings is 1. The van der Waals surface area contributed by atoms with Crippen LogP contribution in [0.5, 0.6) is 0 Å². The molecule has 1 aliphatic heterocycles. The van der Waals surface area contributed by atoms with Gasteiger partial charge in [-0.2, -0.15) is 5.10 Å². The summed E-state index contributed by atoms with van der Waals surface area (Å²) in [6.45, 7) is 3.09. The number of rotatable bonds is 3. The smallest absolute Gasteiger partial charge is 0.272 e. The Kier molecular flexibility index (Phi) is 3.46. The largest absolute Gasteiger partial charge is 0.368 e. The van der Waals surface area contributed by atoms with Gasteiger partial charge in [0, 0.05) is 11.9 Å². The highest BCUT2D eigenvalue weighted by Crippen LogP contribution is 2.18. The first-order valence-electron chi connectivity index (χ1n) is 6.76. The number of nitrogens with one attached hydrogen (secondary N) is 3. The van der Waals surface area contributed by atoms with Crippen molar-refractivity contribution in [2.45, 2.75) is 12.8 Å². The third-order valence-electron chi connectivity index (χ3n) is 3.71. The molecule has 1 saturated heterocycles. The molecule has 1 aliphatic rings. The van der Waals surface area contributed by atoms with E-state index in [1.807, 2.05) is 24.3 Å².